The number of carbonyl (C=O) groups excluding carboxylic acids is 8. The van der Waals surface area contributed by atoms with Crippen LogP contribution in [0, 0.1) is 0 Å². The molecule has 21 nitrogen and oxygen atoms in total. The minimum Gasteiger partial charge on any atom is -0.381 e. The van der Waals surface area contributed by atoms with E-state index >= 15 is 0 Å². The van der Waals surface area contributed by atoms with Gasteiger partial charge in [-0.25, -0.2) is 0 Å². The van der Waals surface area contributed by atoms with E-state index in [1.54, 1.807) is 0 Å². The van der Waals surface area contributed by atoms with Crippen molar-refractivity contribution in [2.45, 2.75) is 111 Å². The molecule has 0 rings (SSSR count). The molecule has 72 heavy (non-hydrogen) atoms. The van der Waals surface area contributed by atoms with Crippen LogP contribution in [0.5, 0.6) is 0 Å². The summed E-state index contributed by atoms with van der Waals surface area (Å²) < 4.78 is 60.4. The maximum atomic E-state index is 12.8. The fraction of sp³-hybridized carbons (Fsp3) is 0.843. The third-order valence-electron chi connectivity index (χ3n) is 9.83. The third-order valence-corrected chi connectivity index (χ3v) is 9.83. The fourth-order valence-electron chi connectivity index (χ4n) is 6.34. The molecule has 418 valence electrons. The monoisotopic (exact) mass is 1030 g/mol. The van der Waals surface area contributed by atoms with Crippen LogP contribution in [0.2, 0.25) is 0 Å². The lowest BCUT2D eigenvalue weighted by Crippen LogP contribution is -2.43. The molecule has 0 fully saturated rings. The van der Waals surface area contributed by atoms with Crippen molar-refractivity contribution in [3.05, 3.63) is 0 Å². The van der Waals surface area contributed by atoms with Crippen LogP contribution in [0.15, 0.2) is 0 Å². The van der Waals surface area contributed by atoms with E-state index in [4.69, 9.17) is 52.1 Å². The predicted molar refractivity (Wildman–Crippen MR) is 265 cm³/mol. The molecule has 0 radical (unpaired) electrons. The van der Waals surface area contributed by atoms with E-state index in [1.165, 1.54) is 18.7 Å². The largest absolute Gasteiger partial charge is 0.381 e. The average Bonchev–Trinajstić information content (AvgIpc) is 3.32. The Hall–Kier alpha value is -3.32. The van der Waals surface area contributed by atoms with E-state index < -0.39 is 0 Å². The van der Waals surface area contributed by atoms with Crippen LogP contribution in [0.1, 0.15) is 111 Å². The van der Waals surface area contributed by atoms with E-state index in [1.807, 2.05) is 0 Å². The first-order valence-corrected chi connectivity index (χ1v) is 25.8. The van der Waals surface area contributed by atoms with Gasteiger partial charge in [0.05, 0.1) is 138 Å². The molecule has 0 aromatic heterocycles. The summed E-state index contributed by atoms with van der Waals surface area (Å²) in [7, 11) is 0. The summed E-state index contributed by atoms with van der Waals surface area (Å²) in [5, 5.41) is 2.76. The van der Waals surface area contributed by atoms with Crippen molar-refractivity contribution in [3.63, 3.8) is 0 Å². The van der Waals surface area contributed by atoms with Crippen LogP contribution < -0.4 is 5.32 Å². The summed E-state index contributed by atoms with van der Waals surface area (Å²) in [6, 6.07) is 0. The molecule has 0 aromatic carbocycles. The van der Waals surface area contributed by atoms with Crippen molar-refractivity contribution in [2.24, 2.45) is 0 Å². The topological polar surface area (TPSA) is 253 Å². The lowest BCUT2D eigenvalue weighted by molar-refractivity contribution is -0.128. The van der Waals surface area contributed by atoms with E-state index in [-0.39, 0.29) is 118 Å². The van der Waals surface area contributed by atoms with E-state index in [0.29, 0.717) is 171 Å². The van der Waals surface area contributed by atoms with Crippen LogP contribution in [-0.4, -0.2) is 223 Å². The number of Topliss-reactive ketones (excluding diaryl/α,β-unsaturated/α-hetero) is 7. The van der Waals surface area contributed by atoms with Gasteiger partial charge in [0.25, 0.3) is 0 Å². The molecule has 21 heteroatoms. The summed E-state index contributed by atoms with van der Waals surface area (Å²) in [6.07, 6.45) is 5.25. The summed E-state index contributed by atoms with van der Waals surface area (Å²) in [4.78, 5) is 97.2. The van der Waals surface area contributed by atoms with Gasteiger partial charge >= 0.3 is 0 Å². The number of nitrogens with one attached hydrogen (secondary N) is 1. The van der Waals surface area contributed by atoms with Gasteiger partial charge in [-0.05, 0) is 52.4 Å². The number of hydrogen-bond donors (Lipinski definition) is 1. The Bertz CT molecular complexity index is 1360. The molecule has 0 aliphatic rings. The minimum absolute atomic E-state index is 0.0772. The maximum absolute atomic E-state index is 12.8. The molecule has 0 spiro atoms. The normalized spacial score (nSPS) is 11.3. The Morgan fingerprint density at radius 2 is 0.611 bits per heavy atom. The molecule has 0 saturated carbocycles. The molecule has 1 amide bonds. The summed E-state index contributed by atoms with van der Waals surface area (Å²) in [5.74, 6) is -1.07. The van der Waals surface area contributed by atoms with Crippen LogP contribution in [0.3, 0.4) is 0 Å². The Kier molecular flexibility index (Phi) is 50.1. The minimum atomic E-state index is -0.362. The van der Waals surface area contributed by atoms with Crippen molar-refractivity contribution in [1.29, 1.82) is 0 Å². The van der Waals surface area contributed by atoms with Gasteiger partial charge in [0, 0.05) is 84.7 Å². The van der Waals surface area contributed by atoms with E-state index in [2.05, 4.69) is 12.2 Å². The number of amides is 1. The second-order valence-corrected chi connectivity index (χ2v) is 16.9. The van der Waals surface area contributed by atoms with Gasteiger partial charge in [0.15, 0.2) is 0 Å². The number of hydrogen-bond acceptors (Lipinski definition) is 20. The number of nitrogens with zero attached hydrogens (tertiary/aromatic N) is 1. The zero-order valence-corrected chi connectivity index (χ0v) is 44.0. The first kappa shape index (κ1) is 68.7. The molecule has 1 N–H and O–H groups in total. The van der Waals surface area contributed by atoms with Gasteiger partial charge < -0.3 is 57.4 Å². The molecule has 0 bridgehead atoms. The van der Waals surface area contributed by atoms with Crippen molar-refractivity contribution >= 4 is 46.4 Å². The molecule has 0 aromatic rings. The van der Waals surface area contributed by atoms with Crippen LogP contribution in [-0.2, 0) is 90.5 Å². The molecule has 0 aliphatic heterocycles. The highest BCUT2D eigenvalue weighted by molar-refractivity contribution is 5.98. The highest BCUT2D eigenvalue weighted by Gasteiger charge is 2.18. The predicted octanol–water partition coefficient (Wildman–Crippen LogP) is 3.09. The number of ketones is 7. The first-order valence-electron chi connectivity index (χ1n) is 25.8. The van der Waals surface area contributed by atoms with E-state index in [0.717, 1.165) is 19.4 Å². The second-order valence-electron chi connectivity index (χ2n) is 16.9. The summed E-state index contributed by atoms with van der Waals surface area (Å²) in [5.41, 5.74) is 0. The van der Waals surface area contributed by atoms with Crippen molar-refractivity contribution in [2.75, 3.05) is 172 Å². The Balaban J connectivity index is 4.01. The van der Waals surface area contributed by atoms with Gasteiger partial charge in [0.1, 0.15) is 40.5 Å². The van der Waals surface area contributed by atoms with Gasteiger partial charge in [-0.15, -0.1) is 0 Å². The van der Waals surface area contributed by atoms with Gasteiger partial charge in [-0.2, -0.15) is 0 Å². The lowest BCUT2D eigenvalue weighted by atomic mass is 10.1. The van der Waals surface area contributed by atoms with Crippen LogP contribution in [0.25, 0.3) is 0 Å². The molecule has 0 aliphatic carbocycles. The number of carbonyl (C=O) groups is 8. The molecule has 0 atom stereocenters. The quantitative estimate of drug-likeness (QED) is 0.0678. The first-order chi connectivity index (χ1) is 34.9. The van der Waals surface area contributed by atoms with Crippen LogP contribution in [0.4, 0.5) is 0 Å². The zero-order chi connectivity index (χ0) is 53.0. The number of ether oxygens (including phenoxy) is 11. The van der Waals surface area contributed by atoms with Crippen molar-refractivity contribution in [1.82, 2.24) is 10.2 Å². The summed E-state index contributed by atoms with van der Waals surface area (Å²) >= 11 is 0. The highest BCUT2D eigenvalue weighted by atomic mass is 16.6. The zero-order valence-electron chi connectivity index (χ0n) is 44.0. The smallest absolute Gasteiger partial charge is 0.234 e. The van der Waals surface area contributed by atoms with Crippen molar-refractivity contribution in [3.8, 4) is 0 Å². The average molecular weight is 1040 g/mol. The molecular formula is C51H90N2O19. The SMILES string of the molecule is CCCOCCCC(=O)CCOCCOCCOCCOCCOCCOCCOCCOCCNC(=O)CN(CC(=O)CCCOCCCC(=O)CC(C)=O)CC(=O)CCCOCCCC(=O)CC(C)=O. The Morgan fingerprint density at radius 3 is 0.958 bits per heavy atom. The van der Waals surface area contributed by atoms with Crippen LogP contribution >= 0.6 is 0 Å². The third kappa shape index (κ3) is 53.0. The second kappa shape index (κ2) is 52.5. The Labute approximate surface area is 428 Å². The lowest BCUT2D eigenvalue weighted by Gasteiger charge is -2.20. The Morgan fingerprint density at radius 1 is 0.319 bits per heavy atom. The fourth-order valence-corrected chi connectivity index (χ4v) is 6.34. The molecule has 0 unspecified atom stereocenters. The van der Waals surface area contributed by atoms with Gasteiger partial charge in [0.2, 0.25) is 5.91 Å². The highest BCUT2D eigenvalue weighted by Crippen LogP contribution is 2.04. The van der Waals surface area contributed by atoms with E-state index in [9.17, 15) is 38.4 Å². The molecule has 0 heterocycles. The molecule has 0 saturated heterocycles. The van der Waals surface area contributed by atoms with Crippen molar-refractivity contribution < 1.29 is 90.5 Å². The maximum Gasteiger partial charge on any atom is 0.234 e. The molecular weight excluding hydrogens is 945 g/mol. The van der Waals surface area contributed by atoms with Gasteiger partial charge in [-0.1, -0.05) is 6.92 Å². The standard InChI is InChI=1S/C51H90N2O19/c1-4-17-62-18-5-10-46(56)15-23-65-25-27-67-29-31-69-33-35-71-37-38-72-36-34-70-32-30-68-28-26-66-24-16-52-51(61)43-53(41-49(59)13-8-21-63-19-6-11-47(57)39-44(2)54)42-50(60)14-9-22-64-20-7-12-48(58)40-45(3)55/h4-43H2,1-3H3,(H,52,61). The number of rotatable bonds is 59. The summed E-state index contributed by atoms with van der Waals surface area (Å²) in [6.45, 7) is 13.8. The van der Waals surface area contributed by atoms with Gasteiger partial charge in [-0.3, -0.25) is 43.3 Å².